The van der Waals surface area contributed by atoms with Crippen LogP contribution in [0.4, 0.5) is 10.5 Å². The first kappa shape index (κ1) is 18.2. The number of imide groups is 1. The Morgan fingerprint density at radius 2 is 1.96 bits per heavy atom. The molecular weight excluding hydrogens is 372 g/mol. The van der Waals surface area contributed by atoms with Gasteiger partial charge in [-0.2, -0.15) is 0 Å². The molecular formula is C19H15ClN2O3S. The molecule has 1 fully saturated rings. The summed E-state index contributed by atoms with van der Waals surface area (Å²) >= 11 is 6.74. The Kier molecular flexibility index (Phi) is 5.44. The molecule has 1 aliphatic heterocycles. The number of benzene rings is 2. The molecule has 132 valence electrons. The fourth-order valence-corrected chi connectivity index (χ4v) is 3.47. The SMILES string of the molecule is Cc1ccccc1NC(=O)CN1C(=O)S/C(=C/c2cccc(Cl)c2)C1=O. The number of halogens is 1. The molecule has 26 heavy (non-hydrogen) atoms. The predicted octanol–water partition coefficient (Wildman–Crippen LogP) is 4.32. The molecule has 5 nitrogen and oxygen atoms in total. The van der Waals surface area contributed by atoms with Gasteiger partial charge in [-0.1, -0.05) is 41.9 Å². The Hall–Kier alpha value is -2.57. The molecule has 2 aromatic carbocycles. The number of carbonyl (C=O) groups is 3. The van der Waals surface area contributed by atoms with Crippen molar-refractivity contribution in [3.63, 3.8) is 0 Å². The number of anilines is 1. The molecule has 3 rings (SSSR count). The highest BCUT2D eigenvalue weighted by Gasteiger charge is 2.36. The highest BCUT2D eigenvalue weighted by atomic mass is 35.5. The quantitative estimate of drug-likeness (QED) is 0.794. The summed E-state index contributed by atoms with van der Waals surface area (Å²) in [5.74, 6) is -0.912. The number of para-hydroxylation sites is 1. The van der Waals surface area contributed by atoms with E-state index in [9.17, 15) is 14.4 Å². The average Bonchev–Trinajstić information content (AvgIpc) is 2.84. The van der Waals surface area contributed by atoms with E-state index >= 15 is 0 Å². The molecule has 1 N–H and O–H groups in total. The van der Waals surface area contributed by atoms with E-state index < -0.39 is 17.1 Å². The van der Waals surface area contributed by atoms with Gasteiger partial charge in [0.15, 0.2) is 0 Å². The second-order valence-corrected chi connectivity index (χ2v) is 7.12. The molecule has 1 saturated heterocycles. The molecule has 0 saturated carbocycles. The number of nitrogens with zero attached hydrogens (tertiary/aromatic N) is 1. The van der Waals surface area contributed by atoms with Crippen LogP contribution in [0.2, 0.25) is 5.02 Å². The Balaban J connectivity index is 1.71. The molecule has 7 heteroatoms. The van der Waals surface area contributed by atoms with Crippen molar-refractivity contribution >= 4 is 52.2 Å². The minimum Gasteiger partial charge on any atom is -0.324 e. The van der Waals surface area contributed by atoms with Gasteiger partial charge in [-0.05, 0) is 54.1 Å². The van der Waals surface area contributed by atoms with Gasteiger partial charge < -0.3 is 5.32 Å². The maximum atomic E-state index is 12.5. The molecule has 0 aromatic heterocycles. The van der Waals surface area contributed by atoms with Crippen molar-refractivity contribution in [3.8, 4) is 0 Å². The number of aryl methyl sites for hydroxylation is 1. The minimum absolute atomic E-state index is 0.265. The van der Waals surface area contributed by atoms with Crippen LogP contribution in [0.15, 0.2) is 53.4 Å². The number of thioether (sulfide) groups is 1. The van der Waals surface area contributed by atoms with Crippen LogP contribution in [-0.4, -0.2) is 28.5 Å². The molecule has 0 unspecified atom stereocenters. The van der Waals surface area contributed by atoms with Crippen LogP contribution >= 0.6 is 23.4 Å². The van der Waals surface area contributed by atoms with Gasteiger partial charge in [0, 0.05) is 10.7 Å². The summed E-state index contributed by atoms with van der Waals surface area (Å²) in [6, 6.07) is 14.3. The predicted molar refractivity (Wildman–Crippen MR) is 104 cm³/mol. The Morgan fingerprint density at radius 3 is 2.69 bits per heavy atom. The monoisotopic (exact) mass is 386 g/mol. The van der Waals surface area contributed by atoms with Crippen LogP contribution in [0.25, 0.3) is 6.08 Å². The number of rotatable bonds is 4. The van der Waals surface area contributed by atoms with Gasteiger partial charge in [0.25, 0.3) is 11.1 Å². The third-order valence-electron chi connectivity index (χ3n) is 3.74. The van der Waals surface area contributed by atoms with Crippen molar-refractivity contribution in [1.82, 2.24) is 4.90 Å². The van der Waals surface area contributed by atoms with Gasteiger partial charge >= 0.3 is 0 Å². The summed E-state index contributed by atoms with van der Waals surface area (Å²) in [5.41, 5.74) is 2.27. The second-order valence-electron chi connectivity index (χ2n) is 5.69. The van der Waals surface area contributed by atoms with Gasteiger partial charge in [0.05, 0.1) is 4.91 Å². The normalized spacial score (nSPS) is 15.6. The molecule has 0 radical (unpaired) electrons. The Morgan fingerprint density at radius 1 is 1.19 bits per heavy atom. The lowest BCUT2D eigenvalue weighted by molar-refractivity contribution is -0.127. The lowest BCUT2D eigenvalue weighted by Crippen LogP contribution is -2.36. The summed E-state index contributed by atoms with van der Waals surface area (Å²) in [7, 11) is 0. The zero-order valence-corrected chi connectivity index (χ0v) is 15.4. The van der Waals surface area contributed by atoms with E-state index in [4.69, 9.17) is 11.6 Å². The van der Waals surface area contributed by atoms with Crippen LogP contribution in [0.5, 0.6) is 0 Å². The minimum atomic E-state index is -0.486. The largest absolute Gasteiger partial charge is 0.324 e. The van der Waals surface area contributed by atoms with E-state index in [0.717, 1.165) is 22.2 Å². The highest BCUT2D eigenvalue weighted by molar-refractivity contribution is 8.18. The topological polar surface area (TPSA) is 66.5 Å². The molecule has 0 aliphatic carbocycles. The molecule has 3 amide bonds. The van der Waals surface area contributed by atoms with Crippen LogP contribution in [0, 0.1) is 6.92 Å². The summed E-state index contributed by atoms with van der Waals surface area (Å²) < 4.78 is 0. The van der Waals surface area contributed by atoms with Crippen LogP contribution < -0.4 is 5.32 Å². The van der Waals surface area contributed by atoms with Crippen molar-refractivity contribution in [1.29, 1.82) is 0 Å². The first-order chi connectivity index (χ1) is 12.4. The van der Waals surface area contributed by atoms with E-state index in [1.54, 1.807) is 42.5 Å². The zero-order chi connectivity index (χ0) is 18.7. The molecule has 2 aromatic rings. The van der Waals surface area contributed by atoms with E-state index in [2.05, 4.69) is 5.32 Å². The van der Waals surface area contributed by atoms with Crippen LogP contribution in [-0.2, 0) is 9.59 Å². The molecule has 0 spiro atoms. The smallest absolute Gasteiger partial charge is 0.294 e. The first-order valence-corrected chi connectivity index (χ1v) is 9.00. The van der Waals surface area contributed by atoms with Crippen molar-refractivity contribution in [3.05, 3.63) is 69.6 Å². The molecule has 1 aliphatic rings. The molecule has 1 heterocycles. The number of hydrogen-bond acceptors (Lipinski definition) is 4. The fraction of sp³-hybridized carbons (Fsp3) is 0.105. The van der Waals surface area contributed by atoms with E-state index in [-0.39, 0.29) is 11.4 Å². The average molecular weight is 387 g/mol. The Bertz CT molecular complexity index is 927. The highest BCUT2D eigenvalue weighted by Crippen LogP contribution is 2.32. The fourth-order valence-electron chi connectivity index (χ4n) is 2.43. The molecule has 0 atom stereocenters. The van der Waals surface area contributed by atoms with Crippen LogP contribution in [0.1, 0.15) is 11.1 Å². The van der Waals surface area contributed by atoms with Gasteiger partial charge in [-0.25, -0.2) is 0 Å². The van der Waals surface area contributed by atoms with Gasteiger partial charge in [0.1, 0.15) is 6.54 Å². The standard InChI is InChI=1S/C19H15ClN2O3S/c1-12-5-2-3-8-15(12)21-17(23)11-22-18(24)16(26-19(22)25)10-13-6-4-7-14(20)9-13/h2-10H,11H2,1H3,(H,21,23)/b16-10+. The van der Waals surface area contributed by atoms with Crippen molar-refractivity contribution < 1.29 is 14.4 Å². The van der Waals surface area contributed by atoms with E-state index in [1.165, 1.54) is 0 Å². The zero-order valence-electron chi connectivity index (χ0n) is 13.9. The maximum Gasteiger partial charge on any atom is 0.294 e. The summed E-state index contributed by atoms with van der Waals surface area (Å²) in [4.78, 5) is 38.0. The summed E-state index contributed by atoms with van der Waals surface area (Å²) in [5, 5.41) is 2.79. The van der Waals surface area contributed by atoms with Gasteiger partial charge in [0.2, 0.25) is 5.91 Å². The Labute approximate surface area is 160 Å². The van der Waals surface area contributed by atoms with Crippen molar-refractivity contribution in [2.45, 2.75) is 6.92 Å². The third-order valence-corrected chi connectivity index (χ3v) is 4.88. The summed E-state index contributed by atoms with van der Waals surface area (Å²) in [6.45, 7) is 1.54. The van der Waals surface area contributed by atoms with Crippen molar-refractivity contribution in [2.75, 3.05) is 11.9 Å². The van der Waals surface area contributed by atoms with E-state index in [0.29, 0.717) is 16.3 Å². The lowest BCUT2D eigenvalue weighted by Gasteiger charge is -2.13. The van der Waals surface area contributed by atoms with Crippen molar-refractivity contribution in [2.24, 2.45) is 0 Å². The number of hydrogen-bond donors (Lipinski definition) is 1. The number of amides is 3. The third kappa shape index (κ3) is 4.15. The van der Waals surface area contributed by atoms with Gasteiger partial charge in [-0.3, -0.25) is 19.3 Å². The molecule has 0 bridgehead atoms. The lowest BCUT2D eigenvalue weighted by atomic mass is 10.2. The van der Waals surface area contributed by atoms with Crippen LogP contribution in [0.3, 0.4) is 0 Å². The second kappa shape index (κ2) is 7.76. The summed E-state index contributed by atoms with van der Waals surface area (Å²) in [6.07, 6.45) is 1.59. The number of nitrogens with one attached hydrogen (secondary N) is 1. The van der Waals surface area contributed by atoms with Gasteiger partial charge in [-0.15, -0.1) is 0 Å². The number of carbonyl (C=O) groups excluding carboxylic acids is 3. The van der Waals surface area contributed by atoms with E-state index in [1.807, 2.05) is 19.1 Å². The first-order valence-electron chi connectivity index (χ1n) is 7.80. The maximum absolute atomic E-state index is 12.5.